The number of halogens is 1. The van der Waals surface area contributed by atoms with Crippen molar-refractivity contribution in [2.24, 2.45) is 0 Å². The Labute approximate surface area is 119 Å². The summed E-state index contributed by atoms with van der Waals surface area (Å²) in [6.45, 7) is 0. The van der Waals surface area contributed by atoms with Gasteiger partial charge in [-0.05, 0) is 40.2 Å². The first kappa shape index (κ1) is 12.2. The first-order chi connectivity index (χ1) is 9.18. The van der Waals surface area contributed by atoms with Gasteiger partial charge in [0.2, 0.25) is 0 Å². The van der Waals surface area contributed by atoms with Crippen molar-refractivity contribution in [1.29, 1.82) is 0 Å². The number of hydrogen-bond acceptors (Lipinski definition) is 3. The third kappa shape index (κ3) is 2.00. The predicted molar refractivity (Wildman–Crippen MR) is 80.5 cm³/mol. The number of hydrogen-bond donors (Lipinski definition) is 0. The number of fused-ring (bicyclic) bond motifs is 1. The van der Waals surface area contributed by atoms with E-state index in [-0.39, 0.29) is 0 Å². The van der Waals surface area contributed by atoms with Crippen LogP contribution in [-0.2, 0) is 0 Å². The van der Waals surface area contributed by atoms with Gasteiger partial charge in [-0.1, -0.05) is 6.07 Å². The Balaban J connectivity index is 2.37. The molecule has 0 aliphatic carbocycles. The quantitative estimate of drug-likeness (QED) is 0.728. The molecule has 0 fully saturated rings. The highest BCUT2D eigenvalue weighted by Gasteiger charge is 2.14. The molecule has 96 valence electrons. The molecule has 0 saturated carbocycles. The summed E-state index contributed by atoms with van der Waals surface area (Å²) in [4.78, 5) is 10.9. The molecule has 0 bridgehead atoms. The lowest BCUT2D eigenvalue weighted by molar-refractivity contribution is 1.02. The Morgan fingerprint density at radius 2 is 2.00 bits per heavy atom. The molecule has 0 amide bonds. The van der Waals surface area contributed by atoms with Crippen LogP contribution in [0.4, 0.5) is 5.82 Å². The van der Waals surface area contributed by atoms with Gasteiger partial charge in [0.25, 0.3) is 0 Å². The van der Waals surface area contributed by atoms with E-state index in [1.807, 2.05) is 44.6 Å². The lowest BCUT2D eigenvalue weighted by atomic mass is 10.2. The van der Waals surface area contributed by atoms with Crippen molar-refractivity contribution in [3.8, 4) is 11.4 Å². The molecule has 4 nitrogen and oxygen atoms in total. The Morgan fingerprint density at radius 3 is 2.68 bits per heavy atom. The second-order valence-corrected chi connectivity index (χ2v) is 5.22. The molecule has 0 N–H and O–H groups in total. The minimum Gasteiger partial charge on any atom is -0.364 e. The molecule has 3 rings (SSSR count). The van der Waals surface area contributed by atoms with E-state index in [0.29, 0.717) is 0 Å². The summed E-state index contributed by atoms with van der Waals surface area (Å²) >= 11 is 3.53. The monoisotopic (exact) mass is 316 g/mol. The van der Waals surface area contributed by atoms with Gasteiger partial charge in [-0.3, -0.25) is 9.38 Å². The fraction of sp³-hybridized carbons (Fsp3) is 0.143. The zero-order valence-corrected chi connectivity index (χ0v) is 12.3. The summed E-state index contributed by atoms with van der Waals surface area (Å²) in [5, 5.41) is 0. The second-order valence-electron chi connectivity index (χ2n) is 4.47. The van der Waals surface area contributed by atoms with E-state index in [4.69, 9.17) is 0 Å². The van der Waals surface area contributed by atoms with Crippen molar-refractivity contribution in [1.82, 2.24) is 14.4 Å². The van der Waals surface area contributed by atoms with Crippen LogP contribution in [0.15, 0.2) is 47.3 Å². The molecule has 3 aromatic rings. The molecule has 0 saturated heterocycles. The molecule has 0 aliphatic rings. The molecule has 5 heteroatoms. The maximum Gasteiger partial charge on any atom is 0.149 e. The van der Waals surface area contributed by atoms with Crippen LogP contribution in [0.25, 0.3) is 16.9 Å². The largest absolute Gasteiger partial charge is 0.364 e. The normalized spacial score (nSPS) is 10.9. The van der Waals surface area contributed by atoms with Gasteiger partial charge >= 0.3 is 0 Å². The third-order valence-electron chi connectivity index (χ3n) is 2.97. The number of rotatable bonds is 2. The van der Waals surface area contributed by atoms with E-state index in [9.17, 15) is 0 Å². The van der Waals surface area contributed by atoms with Crippen molar-refractivity contribution in [3.05, 3.63) is 47.3 Å². The van der Waals surface area contributed by atoms with Crippen molar-refractivity contribution in [2.45, 2.75) is 0 Å². The molecule has 0 spiro atoms. The highest BCUT2D eigenvalue weighted by molar-refractivity contribution is 9.10. The molecule has 3 heterocycles. The Morgan fingerprint density at radius 1 is 1.16 bits per heavy atom. The second kappa shape index (κ2) is 4.66. The van der Waals surface area contributed by atoms with Crippen molar-refractivity contribution >= 4 is 27.3 Å². The van der Waals surface area contributed by atoms with Gasteiger partial charge in [0.15, 0.2) is 0 Å². The minimum absolute atomic E-state index is 0.843. The summed E-state index contributed by atoms with van der Waals surface area (Å²) in [6.07, 6.45) is 3.59. The first-order valence-corrected chi connectivity index (χ1v) is 6.72. The van der Waals surface area contributed by atoms with E-state index in [1.165, 1.54) is 0 Å². The van der Waals surface area contributed by atoms with E-state index >= 15 is 0 Å². The number of anilines is 1. The maximum atomic E-state index is 4.62. The summed E-state index contributed by atoms with van der Waals surface area (Å²) in [5.41, 5.74) is 2.04. The molecular formula is C14H13BrN4. The highest BCUT2D eigenvalue weighted by atomic mass is 79.9. The average molecular weight is 317 g/mol. The number of pyridine rings is 2. The molecular weight excluding hydrogens is 304 g/mol. The van der Waals surface area contributed by atoms with Crippen molar-refractivity contribution in [3.63, 3.8) is 0 Å². The molecule has 0 aliphatic heterocycles. The average Bonchev–Trinajstić information content (AvgIpc) is 2.77. The minimum atomic E-state index is 0.843. The van der Waals surface area contributed by atoms with Crippen molar-refractivity contribution < 1.29 is 0 Å². The van der Waals surface area contributed by atoms with Gasteiger partial charge in [-0.25, -0.2) is 4.98 Å². The van der Waals surface area contributed by atoms with Crippen LogP contribution < -0.4 is 4.90 Å². The molecule has 3 aromatic heterocycles. The van der Waals surface area contributed by atoms with Crippen molar-refractivity contribution in [2.75, 3.05) is 19.0 Å². The van der Waals surface area contributed by atoms with Gasteiger partial charge in [-0.15, -0.1) is 0 Å². The van der Waals surface area contributed by atoms with Gasteiger partial charge < -0.3 is 4.90 Å². The zero-order chi connectivity index (χ0) is 13.4. The fourth-order valence-corrected chi connectivity index (χ4v) is 2.60. The lowest BCUT2D eigenvalue weighted by Gasteiger charge is -2.16. The topological polar surface area (TPSA) is 33.4 Å². The number of nitrogens with zero attached hydrogens (tertiary/aromatic N) is 4. The van der Waals surface area contributed by atoms with E-state index in [0.717, 1.165) is 27.3 Å². The Kier molecular flexibility index (Phi) is 2.98. The summed E-state index contributed by atoms with van der Waals surface area (Å²) in [6, 6.07) is 10.1. The Hall–Kier alpha value is -1.88. The lowest BCUT2D eigenvalue weighted by Crippen LogP contribution is -2.13. The van der Waals surface area contributed by atoms with Gasteiger partial charge in [0.05, 0.1) is 5.52 Å². The van der Waals surface area contributed by atoms with E-state index < -0.39 is 0 Å². The molecule has 0 atom stereocenters. The number of aromatic nitrogens is 3. The number of imidazole rings is 1. The van der Waals surface area contributed by atoms with Crippen LogP contribution in [0.5, 0.6) is 0 Å². The van der Waals surface area contributed by atoms with Crippen LogP contribution in [0.2, 0.25) is 0 Å². The maximum absolute atomic E-state index is 4.62. The smallest absolute Gasteiger partial charge is 0.149 e. The van der Waals surface area contributed by atoms with Gasteiger partial charge in [0, 0.05) is 32.1 Å². The molecule has 19 heavy (non-hydrogen) atoms. The summed E-state index contributed by atoms with van der Waals surface area (Å²) in [5.74, 6) is 1.97. The molecule has 0 aromatic carbocycles. The van der Waals surface area contributed by atoms with Gasteiger partial charge in [0.1, 0.15) is 16.2 Å². The van der Waals surface area contributed by atoms with Crippen LogP contribution in [0.3, 0.4) is 0 Å². The molecule has 0 radical (unpaired) electrons. The SMILES string of the molecule is CN(C)c1cccc2c(Br)nc(-c3cccnc3)n12. The molecule has 0 unspecified atom stereocenters. The van der Waals surface area contributed by atoms with E-state index in [1.54, 1.807) is 6.20 Å². The van der Waals surface area contributed by atoms with Crippen LogP contribution in [-0.4, -0.2) is 28.5 Å². The van der Waals surface area contributed by atoms with E-state index in [2.05, 4.69) is 41.3 Å². The predicted octanol–water partition coefficient (Wildman–Crippen LogP) is 3.22. The third-order valence-corrected chi connectivity index (χ3v) is 3.56. The van der Waals surface area contributed by atoms with Gasteiger partial charge in [-0.2, -0.15) is 0 Å². The van der Waals surface area contributed by atoms with Crippen LogP contribution in [0, 0.1) is 0 Å². The van der Waals surface area contributed by atoms with Crippen LogP contribution in [0.1, 0.15) is 0 Å². The first-order valence-electron chi connectivity index (χ1n) is 5.93. The Bertz CT molecular complexity index is 719. The highest BCUT2D eigenvalue weighted by Crippen LogP contribution is 2.29. The fourth-order valence-electron chi connectivity index (χ4n) is 2.12. The zero-order valence-electron chi connectivity index (χ0n) is 10.7. The summed E-state index contributed by atoms with van der Waals surface area (Å²) < 4.78 is 2.97. The summed E-state index contributed by atoms with van der Waals surface area (Å²) in [7, 11) is 4.05. The van der Waals surface area contributed by atoms with Crippen LogP contribution >= 0.6 is 15.9 Å². The standard InChI is InChI=1S/C14H13BrN4/c1-18(2)12-7-3-6-11-13(15)17-14(19(11)12)10-5-4-8-16-9-10/h3-9H,1-2H3.